The predicted molar refractivity (Wildman–Crippen MR) is 89.7 cm³/mol. The van der Waals surface area contributed by atoms with E-state index in [4.69, 9.17) is 5.11 Å². The maximum Gasteiger partial charge on any atom is 0.328 e. The van der Waals surface area contributed by atoms with Gasteiger partial charge in [-0.05, 0) is 62.7 Å². The molecule has 0 unspecified atom stereocenters. The molecule has 0 saturated carbocycles. The molecule has 1 amide bonds. The van der Waals surface area contributed by atoms with Crippen LogP contribution < -0.4 is 5.32 Å². The summed E-state index contributed by atoms with van der Waals surface area (Å²) in [6.07, 6.45) is 6.53. The molecule has 1 fully saturated rings. The molecule has 2 N–H and O–H groups in total. The summed E-state index contributed by atoms with van der Waals surface area (Å²) in [6.45, 7) is 1.82. The van der Waals surface area contributed by atoms with Crippen molar-refractivity contribution in [1.82, 2.24) is 9.88 Å². The lowest BCUT2D eigenvalue weighted by molar-refractivity contribution is -0.131. The first-order chi connectivity index (χ1) is 10.5. The zero-order valence-electron chi connectivity index (χ0n) is 12.9. The summed E-state index contributed by atoms with van der Waals surface area (Å²) < 4.78 is 0. The molecule has 1 aromatic heterocycles. The van der Waals surface area contributed by atoms with Crippen LogP contribution in [-0.2, 0) is 16.0 Å². The van der Waals surface area contributed by atoms with Crippen molar-refractivity contribution in [2.24, 2.45) is 5.41 Å². The highest BCUT2D eigenvalue weighted by molar-refractivity contribution is 5.97. The maximum absolute atomic E-state index is 12.5. The molecular formula is C16H20ClN3O3. The van der Waals surface area contributed by atoms with Gasteiger partial charge in [0.1, 0.15) is 5.82 Å². The molecule has 0 radical (unpaired) electrons. The zero-order valence-corrected chi connectivity index (χ0v) is 13.7. The van der Waals surface area contributed by atoms with Gasteiger partial charge in [-0.1, -0.05) is 0 Å². The number of piperidine rings is 1. The van der Waals surface area contributed by atoms with E-state index in [0.29, 0.717) is 12.2 Å². The Hall–Kier alpha value is -1.92. The van der Waals surface area contributed by atoms with Gasteiger partial charge < -0.3 is 15.3 Å². The van der Waals surface area contributed by atoms with Crippen molar-refractivity contribution in [2.75, 3.05) is 25.5 Å². The van der Waals surface area contributed by atoms with Gasteiger partial charge >= 0.3 is 5.97 Å². The van der Waals surface area contributed by atoms with Crippen LogP contribution in [0.25, 0.3) is 6.08 Å². The second kappa shape index (κ2) is 6.68. The molecule has 0 aliphatic carbocycles. The normalized spacial score (nSPS) is 20.0. The number of likely N-dealkylation sites (tertiary alicyclic amines) is 1. The van der Waals surface area contributed by atoms with Crippen LogP contribution in [0.4, 0.5) is 5.82 Å². The number of carbonyl (C=O) groups excluding carboxylic acids is 1. The summed E-state index contributed by atoms with van der Waals surface area (Å²) in [7, 11) is 2.07. The Kier molecular flexibility index (Phi) is 5.06. The smallest absolute Gasteiger partial charge is 0.328 e. The second-order valence-corrected chi connectivity index (χ2v) is 6.16. The average molecular weight is 338 g/mol. The molecule has 2 aliphatic rings. The van der Waals surface area contributed by atoms with Gasteiger partial charge in [-0.2, -0.15) is 0 Å². The van der Waals surface area contributed by atoms with Crippen molar-refractivity contribution in [3.63, 3.8) is 0 Å². The Morgan fingerprint density at radius 1 is 1.43 bits per heavy atom. The average Bonchev–Trinajstić information content (AvgIpc) is 2.49. The third-order valence-corrected chi connectivity index (χ3v) is 4.59. The van der Waals surface area contributed by atoms with E-state index < -0.39 is 5.97 Å². The number of aliphatic carboxylic acids is 1. The number of carbonyl (C=O) groups is 2. The lowest BCUT2D eigenvalue weighted by atomic mass is 9.71. The first-order valence-corrected chi connectivity index (χ1v) is 7.38. The Morgan fingerprint density at radius 2 is 2.13 bits per heavy atom. The summed E-state index contributed by atoms with van der Waals surface area (Å²) in [5.41, 5.74) is 1.37. The van der Waals surface area contributed by atoms with E-state index in [-0.39, 0.29) is 23.7 Å². The van der Waals surface area contributed by atoms with E-state index in [0.717, 1.165) is 43.1 Å². The van der Waals surface area contributed by atoms with Gasteiger partial charge in [0.25, 0.3) is 0 Å². The number of rotatable bonds is 2. The summed E-state index contributed by atoms with van der Waals surface area (Å²) >= 11 is 0. The van der Waals surface area contributed by atoms with Crippen molar-refractivity contribution in [3.8, 4) is 0 Å². The van der Waals surface area contributed by atoms with Crippen LogP contribution in [0.2, 0.25) is 0 Å². The van der Waals surface area contributed by atoms with Gasteiger partial charge in [0.15, 0.2) is 0 Å². The SMILES string of the molecule is CN1CCC2(CC1)Cc1cc(C=CC(=O)O)cnc1NC2=O.Cl. The number of carboxylic acid groups (broad SMARTS) is 1. The molecule has 1 spiro atoms. The fraction of sp³-hybridized carbons (Fsp3) is 0.438. The van der Waals surface area contributed by atoms with Crippen LogP contribution in [0.3, 0.4) is 0 Å². The first kappa shape index (κ1) is 17.4. The highest BCUT2D eigenvalue weighted by Gasteiger charge is 2.44. The second-order valence-electron chi connectivity index (χ2n) is 6.16. The van der Waals surface area contributed by atoms with Gasteiger partial charge in [0.05, 0.1) is 5.41 Å². The summed E-state index contributed by atoms with van der Waals surface area (Å²) in [4.78, 5) is 29.6. The highest BCUT2D eigenvalue weighted by Crippen LogP contribution is 2.40. The molecule has 0 bridgehead atoms. The lowest BCUT2D eigenvalue weighted by Crippen LogP contribution is -2.49. The van der Waals surface area contributed by atoms with E-state index in [1.54, 1.807) is 6.20 Å². The number of halogens is 1. The molecular weight excluding hydrogens is 318 g/mol. The van der Waals surface area contributed by atoms with Crippen LogP contribution >= 0.6 is 12.4 Å². The number of fused-ring (bicyclic) bond motifs is 1. The quantitative estimate of drug-likeness (QED) is 0.804. The van der Waals surface area contributed by atoms with E-state index >= 15 is 0 Å². The predicted octanol–water partition coefficient (Wildman–Crippen LogP) is 1.81. The molecule has 124 valence electrons. The molecule has 3 rings (SSSR count). The van der Waals surface area contributed by atoms with Gasteiger partial charge in [0.2, 0.25) is 5.91 Å². The van der Waals surface area contributed by atoms with E-state index in [1.165, 1.54) is 6.08 Å². The van der Waals surface area contributed by atoms with Crippen molar-refractivity contribution in [1.29, 1.82) is 0 Å². The van der Waals surface area contributed by atoms with Crippen molar-refractivity contribution < 1.29 is 14.7 Å². The molecule has 0 atom stereocenters. The molecule has 7 heteroatoms. The summed E-state index contributed by atoms with van der Waals surface area (Å²) in [6, 6.07) is 1.92. The van der Waals surface area contributed by atoms with Gasteiger partial charge in [-0.25, -0.2) is 9.78 Å². The molecule has 1 aromatic rings. The number of anilines is 1. The Bertz CT molecular complexity index is 652. The Morgan fingerprint density at radius 3 is 2.78 bits per heavy atom. The molecule has 2 aliphatic heterocycles. The van der Waals surface area contributed by atoms with E-state index in [2.05, 4.69) is 22.2 Å². The van der Waals surface area contributed by atoms with Crippen LogP contribution in [-0.4, -0.2) is 47.0 Å². The fourth-order valence-electron chi connectivity index (χ4n) is 3.17. The van der Waals surface area contributed by atoms with Crippen LogP contribution in [0.15, 0.2) is 18.3 Å². The number of hydrogen-bond donors (Lipinski definition) is 2. The number of amides is 1. The Balaban J connectivity index is 0.00000192. The molecule has 3 heterocycles. The minimum atomic E-state index is -0.988. The minimum absolute atomic E-state index is 0. The topological polar surface area (TPSA) is 82.5 Å². The zero-order chi connectivity index (χ0) is 15.7. The number of pyridine rings is 1. The molecule has 0 aromatic carbocycles. The summed E-state index contributed by atoms with van der Waals surface area (Å²) in [5, 5.41) is 11.6. The molecule has 1 saturated heterocycles. The molecule has 6 nitrogen and oxygen atoms in total. The third kappa shape index (κ3) is 3.54. The van der Waals surface area contributed by atoms with Crippen molar-refractivity contribution >= 4 is 36.2 Å². The van der Waals surface area contributed by atoms with Gasteiger partial charge in [-0.3, -0.25) is 4.79 Å². The number of hydrogen-bond acceptors (Lipinski definition) is 4. The standard InChI is InChI=1S/C16H19N3O3.ClH/c1-19-6-4-16(5-7-19)9-12-8-11(2-3-13(20)21)10-17-14(12)18-15(16)22;/h2-3,8,10H,4-7,9H2,1H3,(H,20,21)(H,17,18,22);1H. The first-order valence-electron chi connectivity index (χ1n) is 7.38. The monoisotopic (exact) mass is 337 g/mol. The maximum atomic E-state index is 12.5. The highest BCUT2D eigenvalue weighted by atomic mass is 35.5. The largest absolute Gasteiger partial charge is 0.478 e. The number of nitrogens with one attached hydrogen (secondary N) is 1. The van der Waals surface area contributed by atoms with Gasteiger partial charge in [-0.15, -0.1) is 12.4 Å². The molecule has 23 heavy (non-hydrogen) atoms. The number of nitrogens with zero attached hydrogens (tertiary/aromatic N) is 2. The fourth-order valence-corrected chi connectivity index (χ4v) is 3.17. The number of carboxylic acids is 1. The van der Waals surface area contributed by atoms with Crippen molar-refractivity contribution in [3.05, 3.63) is 29.5 Å². The van der Waals surface area contributed by atoms with Gasteiger partial charge in [0, 0.05) is 12.3 Å². The van der Waals surface area contributed by atoms with E-state index in [9.17, 15) is 9.59 Å². The van der Waals surface area contributed by atoms with Crippen LogP contribution in [0.5, 0.6) is 0 Å². The minimum Gasteiger partial charge on any atom is -0.478 e. The van der Waals surface area contributed by atoms with Crippen LogP contribution in [0, 0.1) is 5.41 Å². The third-order valence-electron chi connectivity index (χ3n) is 4.59. The summed E-state index contributed by atoms with van der Waals surface area (Å²) in [5.74, 6) is -0.325. The number of aromatic nitrogens is 1. The lowest BCUT2D eigenvalue weighted by Gasteiger charge is -2.42. The Labute approximate surface area is 141 Å². The van der Waals surface area contributed by atoms with E-state index in [1.807, 2.05) is 6.07 Å². The van der Waals surface area contributed by atoms with Crippen LogP contribution in [0.1, 0.15) is 24.0 Å². The van der Waals surface area contributed by atoms with Crippen molar-refractivity contribution in [2.45, 2.75) is 19.3 Å².